The number of rotatable bonds is 4. The van der Waals surface area contributed by atoms with Crippen molar-refractivity contribution in [1.82, 2.24) is 9.78 Å². The Balaban J connectivity index is 2.52. The lowest BCUT2D eigenvalue weighted by Crippen LogP contribution is -2.20. The lowest BCUT2D eigenvalue weighted by atomic mass is 9.99. The molecule has 5 heteroatoms. The number of hydrogen-bond acceptors (Lipinski definition) is 3. The smallest absolute Gasteiger partial charge is 0.161 e. The van der Waals surface area contributed by atoms with Crippen molar-refractivity contribution >= 4 is 11.6 Å². The van der Waals surface area contributed by atoms with E-state index in [0.29, 0.717) is 10.8 Å². The zero-order valence-corrected chi connectivity index (χ0v) is 13.0. The fraction of sp³-hybridized carbons (Fsp3) is 0.400. The van der Waals surface area contributed by atoms with Gasteiger partial charge in [-0.15, -0.1) is 0 Å². The highest BCUT2D eigenvalue weighted by Gasteiger charge is 2.22. The van der Waals surface area contributed by atoms with Crippen molar-refractivity contribution in [2.24, 2.45) is 5.73 Å². The number of ether oxygens (including phenoxy) is 1. The maximum absolute atomic E-state index is 6.44. The highest BCUT2D eigenvalue weighted by molar-refractivity contribution is 6.30. The van der Waals surface area contributed by atoms with Crippen molar-refractivity contribution in [1.29, 1.82) is 0 Å². The number of nitrogens with two attached hydrogens (primary N) is 1. The molecule has 0 aliphatic rings. The van der Waals surface area contributed by atoms with Crippen molar-refractivity contribution in [3.8, 4) is 5.75 Å². The van der Waals surface area contributed by atoms with Gasteiger partial charge < -0.3 is 10.5 Å². The Labute approximate surface area is 124 Å². The molecule has 0 fully saturated rings. The highest BCUT2D eigenvalue weighted by atomic mass is 35.5. The minimum atomic E-state index is -0.299. The van der Waals surface area contributed by atoms with Crippen molar-refractivity contribution in [2.75, 3.05) is 7.11 Å². The van der Waals surface area contributed by atoms with Gasteiger partial charge in [0.05, 0.1) is 19.3 Å². The van der Waals surface area contributed by atoms with E-state index in [-0.39, 0.29) is 12.1 Å². The maximum atomic E-state index is 6.44. The van der Waals surface area contributed by atoms with Crippen LogP contribution in [0, 0.1) is 6.92 Å². The van der Waals surface area contributed by atoms with Gasteiger partial charge in [-0.3, -0.25) is 4.68 Å². The number of aromatic nitrogens is 2. The van der Waals surface area contributed by atoms with Crippen LogP contribution in [0.1, 0.15) is 42.8 Å². The molecular formula is C15H20ClN3O. The third kappa shape index (κ3) is 2.67. The number of methoxy groups -OCH3 is 1. The van der Waals surface area contributed by atoms with Gasteiger partial charge >= 0.3 is 0 Å². The van der Waals surface area contributed by atoms with E-state index in [1.54, 1.807) is 13.3 Å². The summed E-state index contributed by atoms with van der Waals surface area (Å²) in [6.45, 7) is 6.14. The quantitative estimate of drug-likeness (QED) is 0.939. The van der Waals surface area contributed by atoms with E-state index >= 15 is 0 Å². The van der Waals surface area contributed by atoms with E-state index < -0.39 is 0 Å². The minimum Gasteiger partial charge on any atom is -0.493 e. The first-order chi connectivity index (χ1) is 9.45. The molecule has 1 unspecified atom stereocenters. The summed E-state index contributed by atoms with van der Waals surface area (Å²) in [7, 11) is 1.63. The first kappa shape index (κ1) is 14.9. The molecule has 108 valence electrons. The minimum absolute atomic E-state index is 0.215. The van der Waals surface area contributed by atoms with Gasteiger partial charge in [0, 0.05) is 11.1 Å². The molecule has 1 atom stereocenters. The largest absolute Gasteiger partial charge is 0.493 e. The Morgan fingerprint density at radius 1 is 1.35 bits per heavy atom. The SMILES string of the molecule is COc1cnn(C(C)C)c1C(N)c1ccc(Cl)cc1C. The Morgan fingerprint density at radius 2 is 2.05 bits per heavy atom. The van der Waals surface area contributed by atoms with E-state index in [2.05, 4.69) is 18.9 Å². The van der Waals surface area contributed by atoms with Crippen molar-refractivity contribution in [3.63, 3.8) is 0 Å². The van der Waals surface area contributed by atoms with E-state index in [1.807, 2.05) is 29.8 Å². The molecule has 0 saturated heterocycles. The van der Waals surface area contributed by atoms with Crippen LogP contribution in [0.2, 0.25) is 5.02 Å². The molecule has 0 bridgehead atoms. The fourth-order valence-corrected chi connectivity index (χ4v) is 2.58. The molecule has 0 spiro atoms. The average molecular weight is 294 g/mol. The molecule has 20 heavy (non-hydrogen) atoms. The van der Waals surface area contributed by atoms with E-state index in [4.69, 9.17) is 22.1 Å². The van der Waals surface area contributed by atoms with Gasteiger partial charge in [0.2, 0.25) is 0 Å². The predicted octanol–water partition coefficient (Wildman–Crippen LogP) is 3.48. The molecule has 0 saturated carbocycles. The van der Waals surface area contributed by atoms with Crippen LogP contribution in [-0.2, 0) is 0 Å². The van der Waals surface area contributed by atoms with Gasteiger partial charge in [-0.1, -0.05) is 17.7 Å². The van der Waals surface area contributed by atoms with Crippen molar-refractivity contribution in [2.45, 2.75) is 32.9 Å². The third-order valence-corrected chi connectivity index (χ3v) is 3.60. The van der Waals surface area contributed by atoms with Crippen LogP contribution in [0.4, 0.5) is 0 Å². The molecule has 0 aliphatic carbocycles. The first-order valence-electron chi connectivity index (χ1n) is 6.58. The number of hydrogen-bond donors (Lipinski definition) is 1. The van der Waals surface area contributed by atoms with Crippen LogP contribution in [0.3, 0.4) is 0 Å². The average Bonchev–Trinajstić information content (AvgIpc) is 2.81. The summed E-state index contributed by atoms with van der Waals surface area (Å²) in [5, 5.41) is 5.08. The molecule has 2 N–H and O–H groups in total. The summed E-state index contributed by atoms with van der Waals surface area (Å²) < 4.78 is 7.29. The summed E-state index contributed by atoms with van der Waals surface area (Å²) >= 11 is 6.00. The zero-order chi connectivity index (χ0) is 14.9. The summed E-state index contributed by atoms with van der Waals surface area (Å²) in [5.41, 5.74) is 9.41. The first-order valence-corrected chi connectivity index (χ1v) is 6.96. The van der Waals surface area contributed by atoms with Crippen LogP contribution >= 0.6 is 11.6 Å². The second-order valence-corrected chi connectivity index (χ2v) is 5.55. The molecule has 1 heterocycles. The maximum Gasteiger partial charge on any atom is 0.161 e. The Kier molecular flexibility index (Phi) is 4.35. The van der Waals surface area contributed by atoms with E-state index in [0.717, 1.165) is 16.8 Å². The third-order valence-electron chi connectivity index (χ3n) is 3.37. The van der Waals surface area contributed by atoms with Crippen LogP contribution in [-0.4, -0.2) is 16.9 Å². The molecule has 2 aromatic rings. The van der Waals surface area contributed by atoms with Crippen LogP contribution in [0.5, 0.6) is 5.75 Å². The molecule has 1 aromatic carbocycles. The number of benzene rings is 1. The second kappa shape index (κ2) is 5.85. The van der Waals surface area contributed by atoms with Gasteiger partial charge in [-0.25, -0.2) is 0 Å². The van der Waals surface area contributed by atoms with Gasteiger partial charge in [0.1, 0.15) is 5.69 Å². The summed E-state index contributed by atoms with van der Waals surface area (Å²) in [4.78, 5) is 0. The molecule has 0 amide bonds. The van der Waals surface area contributed by atoms with Crippen LogP contribution < -0.4 is 10.5 Å². The monoisotopic (exact) mass is 293 g/mol. The molecule has 1 aromatic heterocycles. The van der Waals surface area contributed by atoms with Gasteiger partial charge in [-0.05, 0) is 44.0 Å². The second-order valence-electron chi connectivity index (χ2n) is 5.12. The van der Waals surface area contributed by atoms with Crippen LogP contribution in [0.25, 0.3) is 0 Å². The van der Waals surface area contributed by atoms with Crippen LogP contribution in [0.15, 0.2) is 24.4 Å². The molecule has 4 nitrogen and oxygen atoms in total. The Morgan fingerprint density at radius 3 is 2.60 bits per heavy atom. The molecule has 2 rings (SSSR count). The lowest BCUT2D eigenvalue weighted by molar-refractivity contribution is 0.401. The molecule has 0 aliphatic heterocycles. The standard InChI is InChI=1S/C15H20ClN3O/c1-9(2)19-15(13(20-4)8-18-19)14(17)12-6-5-11(16)7-10(12)3/h5-9,14H,17H2,1-4H3. The predicted molar refractivity (Wildman–Crippen MR) is 81.4 cm³/mol. The van der Waals surface area contributed by atoms with Gasteiger partial charge in [0.15, 0.2) is 5.75 Å². The normalized spacial score (nSPS) is 12.8. The van der Waals surface area contributed by atoms with E-state index in [1.165, 1.54) is 0 Å². The van der Waals surface area contributed by atoms with Crippen molar-refractivity contribution in [3.05, 3.63) is 46.2 Å². The Bertz CT molecular complexity index is 607. The summed E-state index contributed by atoms with van der Waals surface area (Å²) in [6.07, 6.45) is 1.71. The highest BCUT2D eigenvalue weighted by Crippen LogP contribution is 2.32. The number of halogens is 1. The topological polar surface area (TPSA) is 53.1 Å². The zero-order valence-electron chi connectivity index (χ0n) is 12.2. The van der Waals surface area contributed by atoms with Gasteiger partial charge in [0.25, 0.3) is 0 Å². The summed E-state index contributed by atoms with van der Waals surface area (Å²) in [6, 6.07) is 5.64. The van der Waals surface area contributed by atoms with E-state index in [9.17, 15) is 0 Å². The Hall–Kier alpha value is -1.52. The van der Waals surface area contributed by atoms with Crippen molar-refractivity contribution < 1.29 is 4.74 Å². The van der Waals surface area contributed by atoms with Gasteiger partial charge in [-0.2, -0.15) is 5.10 Å². The number of aryl methyl sites for hydroxylation is 1. The number of nitrogens with zero attached hydrogens (tertiary/aromatic N) is 2. The molecular weight excluding hydrogens is 274 g/mol. The fourth-order valence-electron chi connectivity index (χ4n) is 2.36. The lowest BCUT2D eigenvalue weighted by Gasteiger charge is -2.20. The summed E-state index contributed by atoms with van der Waals surface area (Å²) in [5.74, 6) is 0.709. The molecule has 0 radical (unpaired) electrons.